The summed E-state index contributed by atoms with van der Waals surface area (Å²) in [4.78, 5) is 1.08. The fraction of sp³-hybridized carbons (Fsp3) is 0.455. The van der Waals surface area contributed by atoms with Gasteiger partial charge in [-0.15, -0.1) is 11.8 Å². The Balaban J connectivity index is 3.27. The molecule has 0 aliphatic carbocycles. The molecule has 84 valence electrons. The van der Waals surface area contributed by atoms with Gasteiger partial charge in [0.2, 0.25) is 0 Å². The van der Waals surface area contributed by atoms with Crippen LogP contribution in [0.2, 0.25) is 0 Å². The van der Waals surface area contributed by atoms with Gasteiger partial charge < -0.3 is 9.47 Å². The quantitative estimate of drug-likeness (QED) is 0.647. The van der Waals surface area contributed by atoms with E-state index < -0.39 is 0 Å². The molecule has 1 atom stereocenters. The minimum atomic E-state index is 0.129. The van der Waals surface area contributed by atoms with E-state index in [0.717, 1.165) is 22.0 Å². The molecule has 15 heavy (non-hydrogen) atoms. The van der Waals surface area contributed by atoms with Crippen LogP contribution in [-0.2, 0) is 0 Å². The minimum absolute atomic E-state index is 0.129. The number of rotatable bonds is 4. The van der Waals surface area contributed by atoms with Crippen LogP contribution >= 0.6 is 24.4 Å². The Kier molecular flexibility index (Phi) is 4.67. The molecule has 0 bridgehead atoms. The van der Waals surface area contributed by atoms with E-state index >= 15 is 0 Å². The lowest BCUT2D eigenvalue weighted by molar-refractivity contribution is 0.390. The number of thioether (sulfide) groups is 1. The molecule has 0 aliphatic heterocycles. The predicted molar refractivity (Wildman–Crippen MR) is 68.7 cm³/mol. The summed E-state index contributed by atoms with van der Waals surface area (Å²) >= 11 is 6.06. The molecule has 0 aliphatic rings. The standard InChI is InChI=1S/C11H16O2S2/c1-7(14)8-5-10(13-3)11(15-4)6-9(8)12-2/h5-7,14H,1-4H3. The predicted octanol–water partition coefficient (Wildman–Crippen LogP) is 3.42. The summed E-state index contributed by atoms with van der Waals surface area (Å²) in [6.07, 6.45) is 2.01. The molecule has 0 aromatic heterocycles. The molecule has 1 unspecified atom stereocenters. The highest BCUT2D eigenvalue weighted by Gasteiger charge is 2.13. The van der Waals surface area contributed by atoms with Crippen LogP contribution in [0.5, 0.6) is 11.5 Å². The van der Waals surface area contributed by atoms with Crippen molar-refractivity contribution in [1.82, 2.24) is 0 Å². The van der Waals surface area contributed by atoms with E-state index in [0.29, 0.717) is 0 Å². The van der Waals surface area contributed by atoms with E-state index in [1.54, 1.807) is 26.0 Å². The first-order valence-electron chi connectivity index (χ1n) is 4.62. The van der Waals surface area contributed by atoms with Crippen molar-refractivity contribution in [2.45, 2.75) is 17.1 Å². The maximum Gasteiger partial charge on any atom is 0.132 e. The fourth-order valence-electron chi connectivity index (χ4n) is 1.38. The van der Waals surface area contributed by atoms with Crippen LogP contribution in [0.15, 0.2) is 17.0 Å². The summed E-state index contributed by atoms with van der Waals surface area (Å²) in [6.45, 7) is 2.01. The third-order valence-electron chi connectivity index (χ3n) is 2.19. The summed E-state index contributed by atoms with van der Waals surface area (Å²) in [5, 5.41) is 0.129. The molecule has 0 radical (unpaired) electrons. The summed E-state index contributed by atoms with van der Waals surface area (Å²) in [7, 11) is 3.35. The normalized spacial score (nSPS) is 12.3. The Morgan fingerprint density at radius 1 is 1.20 bits per heavy atom. The highest BCUT2D eigenvalue weighted by Crippen LogP contribution is 2.38. The van der Waals surface area contributed by atoms with Crippen LogP contribution in [-0.4, -0.2) is 20.5 Å². The zero-order valence-electron chi connectivity index (χ0n) is 9.40. The van der Waals surface area contributed by atoms with Crippen molar-refractivity contribution < 1.29 is 9.47 Å². The van der Waals surface area contributed by atoms with E-state index in [1.165, 1.54) is 0 Å². The van der Waals surface area contributed by atoms with Gasteiger partial charge in [0.15, 0.2) is 0 Å². The topological polar surface area (TPSA) is 18.5 Å². The number of thiol groups is 1. The fourth-order valence-corrected chi connectivity index (χ4v) is 2.15. The van der Waals surface area contributed by atoms with Gasteiger partial charge in [-0.2, -0.15) is 12.6 Å². The average Bonchev–Trinajstić information content (AvgIpc) is 2.26. The van der Waals surface area contributed by atoms with Crippen molar-refractivity contribution in [3.63, 3.8) is 0 Å². The Hall–Kier alpha value is -0.480. The second kappa shape index (κ2) is 5.56. The molecule has 0 heterocycles. The second-order valence-electron chi connectivity index (χ2n) is 3.13. The largest absolute Gasteiger partial charge is 0.496 e. The van der Waals surface area contributed by atoms with Crippen LogP contribution < -0.4 is 9.47 Å². The van der Waals surface area contributed by atoms with Gasteiger partial charge in [-0.05, 0) is 25.3 Å². The van der Waals surface area contributed by atoms with Crippen molar-refractivity contribution >= 4 is 24.4 Å². The summed E-state index contributed by atoms with van der Waals surface area (Å²) in [5.41, 5.74) is 1.05. The van der Waals surface area contributed by atoms with Gasteiger partial charge >= 0.3 is 0 Å². The summed E-state index contributed by atoms with van der Waals surface area (Å²) in [6, 6.07) is 3.98. The van der Waals surface area contributed by atoms with Gasteiger partial charge in [0.25, 0.3) is 0 Å². The van der Waals surface area contributed by atoms with Gasteiger partial charge in [-0.1, -0.05) is 0 Å². The Morgan fingerprint density at radius 3 is 2.20 bits per heavy atom. The monoisotopic (exact) mass is 244 g/mol. The highest BCUT2D eigenvalue weighted by molar-refractivity contribution is 7.98. The van der Waals surface area contributed by atoms with E-state index in [4.69, 9.17) is 9.47 Å². The molecule has 0 N–H and O–H groups in total. The first-order chi connectivity index (χ1) is 7.13. The first-order valence-corrected chi connectivity index (χ1v) is 6.36. The van der Waals surface area contributed by atoms with Crippen LogP contribution in [0, 0.1) is 0 Å². The Morgan fingerprint density at radius 2 is 1.80 bits per heavy atom. The lowest BCUT2D eigenvalue weighted by Gasteiger charge is -2.15. The van der Waals surface area contributed by atoms with Gasteiger partial charge in [0.1, 0.15) is 11.5 Å². The van der Waals surface area contributed by atoms with Crippen molar-refractivity contribution in [3.8, 4) is 11.5 Å². The third-order valence-corrected chi connectivity index (χ3v) is 3.22. The number of benzene rings is 1. The molecular weight excluding hydrogens is 228 g/mol. The van der Waals surface area contributed by atoms with Crippen LogP contribution in [0.25, 0.3) is 0 Å². The Labute approximate surface area is 101 Å². The van der Waals surface area contributed by atoms with Crippen molar-refractivity contribution in [3.05, 3.63) is 17.7 Å². The van der Waals surface area contributed by atoms with E-state index in [-0.39, 0.29) is 5.25 Å². The molecule has 2 nitrogen and oxygen atoms in total. The van der Waals surface area contributed by atoms with E-state index in [2.05, 4.69) is 12.6 Å². The second-order valence-corrected chi connectivity index (χ2v) is 4.75. The molecule has 0 fully saturated rings. The molecular formula is C11H16O2S2. The van der Waals surface area contributed by atoms with Gasteiger partial charge in [0, 0.05) is 10.8 Å². The molecule has 1 aromatic rings. The van der Waals surface area contributed by atoms with E-state index in [1.807, 2.05) is 25.3 Å². The maximum absolute atomic E-state index is 5.33. The summed E-state index contributed by atoms with van der Waals surface area (Å²) < 4.78 is 10.6. The molecule has 1 rings (SSSR count). The molecule has 0 amide bonds. The third kappa shape index (κ3) is 2.75. The number of hydrogen-bond acceptors (Lipinski definition) is 4. The van der Waals surface area contributed by atoms with E-state index in [9.17, 15) is 0 Å². The van der Waals surface area contributed by atoms with Crippen molar-refractivity contribution in [1.29, 1.82) is 0 Å². The SMILES string of the molecule is COc1cc(C(C)S)c(OC)cc1SC. The summed E-state index contributed by atoms with van der Waals surface area (Å²) in [5.74, 6) is 1.74. The molecule has 0 saturated heterocycles. The molecule has 0 saturated carbocycles. The molecule has 1 aromatic carbocycles. The van der Waals surface area contributed by atoms with Gasteiger partial charge in [0.05, 0.1) is 19.1 Å². The number of ether oxygens (including phenoxy) is 2. The first kappa shape index (κ1) is 12.6. The van der Waals surface area contributed by atoms with Crippen LogP contribution in [0.3, 0.4) is 0 Å². The van der Waals surface area contributed by atoms with Crippen molar-refractivity contribution in [2.24, 2.45) is 0 Å². The number of hydrogen-bond donors (Lipinski definition) is 1. The van der Waals surface area contributed by atoms with Crippen molar-refractivity contribution in [2.75, 3.05) is 20.5 Å². The number of methoxy groups -OCH3 is 2. The zero-order valence-corrected chi connectivity index (χ0v) is 11.1. The molecule has 0 spiro atoms. The lowest BCUT2D eigenvalue weighted by atomic mass is 10.1. The van der Waals surface area contributed by atoms with Gasteiger partial charge in [-0.25, -0.2) is 0 Å². The minimum Gasteiger partial charge on any atom is -0.496 e. The molecule has 4 heteroatoms. The highest BCUT2D eigenvalue weighted by atomic mass is 32.2. The Bertz CT molecular complexity index is 338. The average molecular weight is 244 g/mol. The maximum atomic E-state index is 5.33. The smallest absolute Gasteiger partial charge is 0.132 e. The van der Waals surface area contributed by atoms with Crippen LogP contribution in [0.4, 0.5) is 0 Å². The van der Waals surface area contributed by atoms with Crippen LogP contribution in [0.1, 0.15) is 17.7 Å². The zero-order chi connectivity index (χ0) is 11.4. The van der Waals surface area contributed by atoms with Gasteiger partial charge in [-0.3, -0.25) is 0 Å². The lowest BCUT2D eigenvalue weighted by Crippen LogP contribution is -1.96.